The molecule has 2 aliphatic heterocycles. The van der Waals surface area contributed by atoms with E-state index in [4.69, 9.17) is 4.74 Å². The summed E-state index contributed by atoms with van der Waals surface area (Å²) in [5.41, 5.74) is 0. The van der Waals surface area contributed by atoms with Crippen LogP contribution in [0.5, 0.6) is 0 Å². The van der Waals surface area contributed by atoms with Gasteiger partial charge < -0.3 is 4.74 Å². The van der Waals surface area contributed by atoms with Gasteiger partial charge in [0.05, 0.1) is 18.6 Å². The van der Waals surface area contributed by atoms with Gasteiger partial charge in [0, 0.05) is 19.6 Å². The summed E-state index contributed by atoms with van der Waals surface area (Å²) in [6.07, 6.45) is 4.05. The van der Waals surface area contributed by atoms with Crippen molar-refractivity contribution < 1.29 is 4.74 Å². The first kappa shape index (κ1) is 9.77. The van der Waals surface area contributed by atoms with E-state index in [-0.39, 0.29) is 5.37 Å². The van der Waals surface area contributed by atoms with Crippen molar-refractivity contribution in [2.45, 2.75) is 24.6 Å². The SMILES string of the molecule is SC1COCCN1N1CCCCC1. The molecule has 0 aromatic carbocycles. The fraction of sp³-hybridized carbons (Fsp3) is 1.00. The van der Waals surface area contributed by atoms with Crippen LogP contribution in [0.25, 0.3) is 0 Å². The zero-order valence-electron chi connectivity index (χ0n) is 7.98. The van der Waals surface area contributed by atoms with Crippen LogP contribution in [-0.4, -0.2) is 48.2 Å². The largest absolute Gasteiger partial charge is 0.377 e. The number of nitrogens with zero attached hydrogens (tertiary/aromatic N) is 2. The van der Waals surface area contributed by atoms with Crippen LogP contribution in [0.1, 0.15) is 19.3 Å². The topological polar surface area (TPSA) is 15.7 Å². The summed E-state index contributed by atoms with van der Waals surface area (Å²) in [5.74, 6) is 0. The summed E-state index contributed by atoms with van der Waals surface area (Å²) in [5, 5.41) is 5.09. The molecule has 0 aromatic rings. The lowest BCUT2D eigenvalue weighted by Gasteiger charge is -2.42. The Morgan fingerprint density at radius 3 is 2.54 bits per heavy atom. The Morgan fingerprint density at radius 1 is 1.08 bits per heavy atom. The molecule has 0 aromatic heterocycles. The normalized spacial score (nSPS) is 33.5. The molecule has 1 unspecified atom stereocenters. The summed E-state index contributed by atoms with van der Waals surface area (Å²) in [4.78, 5) is 0. The number of thiol groups is 1. The lowest BCUT2D eigenvalue weighted by molar-refractivity contribution is -0.109. The van der Waals surface area contributed by atoms with E-state index in [2.05, 4.69) is 22.6 Å². The molecule has 0 N–H and O–H groups in total. The van der Waals surface area contributed by atoms with E-state index in [0.29, 0.717) is 0 Å². The average Bonchev–Trinajstić information content (AvgIpc) is 2.20. The summed E-state index contributed by atoms with van der Waals surface area (Å²) in [6, 6.07) is 0. The highest BCUT2D eigenvalue weighted by molar-refractivity contribution is 7.80. The first-order valence-corrected chi connectivity index (χ1v) is 5.67. The van der Waals surface area contributed by atoms with Crippen LogP contribution < -0.4 is 0 Å². The molecule has 0 radical (unpaired) electrons. The average molecular weight is 202 g/mol. The number of hydrogen-bond acceptors (Lipinski definition) is 4. The molecule has 2 saturated heterocycles. The number of ether oxygens (including phenoxy) is 1. The van der Waals surface area contributed by atoms with Crippen LogP contribution >= 0.6 is 12.6 Å². The molecule has 4 heteroatoms. The van der Waals surface area contributed by atoms with Crippen molar-refractivity contribution in [1.29, 1.82) is 0 Å². The van der Waals surface area contributed by atoms with Gasteiger partial charge in [-0.25, -0.2) is 10.0 Å². The van der Waals surface area contributed by atoms with E-state index < -0.39 is 0 Å². The van der Waals surface area contributed by atoms with Crippen molar-refractivity contribution in [3.63, 3.8) is 0 Å². The second-order valence-electron chi connectivity index (χ2n) is 3.73. The van der Waals surface area contributed by atoms with Gasteiger partial charge in [0.15, 0.2) is 0 Å². The van der Waals surface area contributed by atoms with E-state index in [1.807, 2.05) is 0 Å². The lowest BCUT2D eigenvalue weighted by atomic mass is 10.2. The summed E-state index contributed by atoms with van der Waals surface area (Å²) in [7, 11) is 0. The minimum Gasteiger partial charge on any atom is -0.377 e. The van der Waals surface area contributed by atoms with Crippen LogP contribution in [0.3, 0.4) is 0 Å². The van der Waals surface area contributed by atoms with Gasteiger partial charge in [0.2, 0.25) is 0 Å². The van der Waals surface area contributed by atoms with Crippen molar-refractivity contribution in [2.75, 3.05) is 32.8 Å². The van der Waals surface area contributed by atoms with Crippen LogP contribution in [-0.2, 0) is 4.74 Å². The first-order valence-electron chi connectivity index (χ1n) is 5.15. The van der Waals surface area contributed by atoms with E-state index in [1.54, 1.807) is 0 Å². The molecule has 2 aliphatic rings. The predicted molar refractivity (Wildman–Crippen MR) is 55.7 cm³/mol. The highest BCUT2D eigenvalue weighted by Crippen LogP contribution is 2.18. The number of morpholine rings is 1. The molecular weight excluding hydrogens is 184 g/mol. The Labute approximate surface area is 85.4 Å². The fourth-order valence-corrected chi connectivity index (χ4v) is 2.41. The standard InChI is InChI=1S/C9H18N2OS/c13-9-8-12-7-6-11(9)10-4-2-1-3-5-10/h9,13H,1-8H2. The van der Waals surface area contributed by atoms with Gasteiger partial charge >= 0.3 is 0 Å². The van der Waals surface area contributed by atoms with Gasteiger partial charge in [-0.15, -0.1) is 0 Å². The molecule has 13 heavy (non-hydrogen) atoms. The Hall–Kier alpha value is 0.230. The quantitative estimate of drug-likeness (QED) is 0.638. The van der Waals surface area contributed by atoms with E-state index in [1.165, 1.54) is 32.4 Å². The Balaban J connectivity index is 1.88. The van der Waals surface area contributed by atoms with Crippen LogP contribution in [0, 0.1) is 0 Å². The fourth-order valence-electron chi connectivity index (χ4n) is 2.05. The molecule has 0 saturated carbocycles. The van der Waals surface area contributed by atoms with E-state index in [0.717, 1.165) is 19.8 Å². The molecule has 0 aliphatic carbocycles. The number of hydrazine groups is 1. The van der Waals surface area contributed by atoms with E-state index in [9.17, 15) is 0 Å². The zero-order valence-corrected chi connectivity index (χ0v) is 8.88. The molecular formula is C9H18N2OS. The molecule has 1 atom stereocenters. The molecule has 2 fully saturated rings. The van der Waals surface area contributed by atoms with Crippen LogP contribution in [0.4, 0.5) is 0 Å². The molecule has 76 valence electrons. The second-order valence-corrected chi connectivity index (χ2v) is 4.33. The maximum absolute atomic E-state index is 5.36. The lowest BCUT2D eigenvalue weighted by Crippen LogP contribution is -2.54. The Kier molecular flexibility index (Phi) is 3.49. The summed E-state index contributed by atoms with van der Waals surface area (Å²) >= 11 is 4.53. The highest BCUT2D eigenvalue weighted by atomic mass is 32.1. The third-order valence-electron chi connectivity index (χ3n) is 2.77. The summed E-state index contributed by atoms with van der Waals surface area (Å²) < 4.78 is 5.36. The highest BCUT2D eigenvalue weighted by Gasteiger charge is 2.26. The maximum Gasteiger partial charge on any atom is 0.0904 e. The maximum atomic E-state index is 5.36. The minimum absolute atomic E-state index is 0.270. The van der Waals surface area contributed by atoms with Gasteiger partial charge in [-0.2, -0.15) is 12.6 Å². The van der Waals surface area contributed by atoms with Gasteiger partial charge in [-0.05, 0) is 12.8 Å². The first-order chi connectivity index (χ1) is 6.38. The predicted octanol–water partition coefficient (Wildman–Crippen LogP) is 0.975. The van der Waals surface area contributed by atoms with Crippen LogP contribution in [0.15, 0.2) is 0 Å². The Bertz CT molecular complexity index is 162. The van der Waals surface area contributed by atoms with Crippen molar-refractivity contribution in [3.05, 3.63) is 0 Å². The zero-order chi connectivity index (χ0) is 9.10. The molecule has 2 heterocycles. The van der Waals surface area contributed by atoms with Crippen molar-refractivity contribution in [2.24, 2.45) is 0 Å². The molecule has 0 bridgehead atoms. The Morgan fingerprint density at radius 2 is 1.85 bits per heavy atom. The third-order valence-corrected chi connectivity index (χ3v) is 3.19. The van der Waals surface area contributed by atoms with Gasteiger partial charge in [-0.1, -0.05) is 6.42 Å². The number of piperidine rings is 1. The molecule has 0 spiro atoms. The molecule has 2 rings (SSSR count). The number of rotatable bonds is 1. The van der Waals surface area contributed by atoms with Gasteiger partial charge in [0.25, 0.3) is 0 Å². The third kappa shape index (κ3) is 2.37. The smallest absolute Gasteiger partial charge is 0.0904 e. The van der Waals surface area contributed by atoms with Gasteiger partial charge in [-0.3, -0.25) is 0 Å². The monoisotopic (exact) mass is 202 g/mol. The number of hydrogen-bond donors (Lipinski definition) is 1. The van der Waals surface area contributed by atoms with Crippen molar-refractivity contribution in [3.8, 4) is 0 Å². The van der Waals surface area contributed by atoms with Crippen molar-refractivity contribution in [1.82, 2.24) is 10.0 Å². The van der Waals surface area contributed by atoms with Gasteiger partial charge in [0.1, 0.15) is 0 Å². The van der Waals surface area contributed by atoms with Crippen LogP contribution in [0.2, 0.25) is 0 Å². The molecule has 3 nitrogen and oxygen atoms in total. The minimum atomic E-state index is 0.270. The molecule has 0 amide bonds. The van der Waals surface area contributed by atoms with Crippen molar-refractivity contribution >= 4 is 12.6 Å². The second kappa shape index (κ2) is 4.64. The van der Waals surface area contributed by atoms with E-state index >= 15 is 0 Å². The summed E-state index contributed by atoms with van der Waals surface area (Å²) in [6.45, 7) is 5.04.